The average Bonchev–Trinajstić information content (AvgIpc) is 3.13. The molecule has 5 heteroatoms. The van der Waals surface area contributed by atoms with Crippen LogP contribution in [0.25, 0.3) is 0 Å². The van der Waals surface area contributed by atoms with E-state index in [1.807, 2.05) is 11.3 Å². The van der Waals surface area contributed by atoms with Gasteiger partial charge < -0.3 is 5.32 Å². The molecule has 19 heavy (non-hydrogen) atoms. The van der Waals surface area contributed by atoms with Crippen molar-refractivity contribution in [3.8, 4) is 0 Å². The van der Waals surface area contributed by atoms with Gasteiger partial charge in [-0.1, -0.05) is 0 Å². The summed E-state index contributed by atoms with van der Waals surface area (Å²) in [6.07, 6.45) is 5.54. The number of nitrogens with zero attached hydrogens (tertiary/aromatic N) is 1. The van der Waals surface area contributed by atoms with E-state index in [0.717, 1.165) is 18.5 Å². The molecule has 0 spiro atoms. The summed E-state index contributed by atoms with van der Waals surface area (Å²) >= 11 is 5.49. The normalized spacial score (nSPS) is 21.3. The molecule has 2 aliphatic rings. The zero-order chi connectivity index (χ0) is 12.4. The van der Waals surface area contributed by atoms with E-state index in [4.69, 9.17) is 0 Å². The number of piperidine rings is 1. The van der Waals surface area contributed by atoms with E-state index in [9.17, 15) is 0 Å². The zero-order valence-electron chi connectivity index (χ0n) is 11.1. The first-order valence-electron chi connectivity index (χ1n) is 6.99. The molecule has 2 nitrogen and oxygen atoms in total. The molecule has 1 N–H and O–H groups in total. The predicted octanol–water partition coefficient (Wildman–Crippen LogP) is 3.90. The fraction of sp³-hybridized carbons (Fsp3) is 0.714. The lowest BCUT2D eigenvalue weighted by molar-refractivity contribution is 0.191. The Morgan fingerprint density at radius 1 is 1.26 bits per heavy atom. The second kappa shape index (κ2) is 7.41. The molecule has 0 radical (unpaired) electrons. The minimum Gasteiger partial charge on any atom is -0.314 e. The smallest absolute Gasteiger partial charge is 0.0339 e. The first-order chi connectivity index (χ1) is 8.81. The van der Waals surface area contributed by atoms with Crippen molar-refractivity contribution in [3.05, 3.63) is 20.8 Å². The van der Waals surface area contributed by atoms with Crippen molar-refractivity contribution in [1.29, 1.82) is 0 Å². The van der Waals surface area contributed by atoms with Crippen LogP contribution < -0.4 is 5.32 Å². The van der Waals surface area contributed by atoms with Gasteiger partial charge in [0.1, 0.15) is 0 Å². The molecule has 1 aliphatic heterocycles. The van der Waals surface area contributed by atoms with Crippen molar-refractivity contribution in [2.75, 3.05) is 19.6 Å². The van der Waals surface area contributed by atoms with Gasteiger partial charge in [-0.15, -0.1) is 23.7 Å². The molecule has 1 aromatic rings. The summed E-state index contributed by atoms with van der Waals surface area (Å²) in [5.41, 5.74) is 0. The molecule has 0 bridgehead atoms. The highest BCUT2D eigenvalue weighted by atomic mass is 79.9. The Bertz CT molecular complexity index is 387. The number of halogens is 2. The summed E-state index contributed by atoms with van der Waals surface area (Å²) < 4.78 is 1.28. The molecule has 1 saturated heterocycles. The van der Waals surface area contributed by atoms with Crippen molar-refractivity contribution < 1.29 is 0 Å². The van der Waals surface area contributed by atoms with E-state index in [1.54, 1.807) is 0 Å². The Morgan fingerprint density at radius 2 is 2.00 bits per heavy atom. The highest BCUT2D eigenvalue weighted by molar-refractivity contribution is 9.10. The van der Waals surface area contributed by atoms with Gasteiger partial charge in [-0.2, -0.15) is 0 Å². The summed E-state index contributed by atoms with van der Waals surface area (Å²) in [5, 5.41) is 5.91. The molecule has 1 aliphatic carbocycles. The molecule has 1 aromatic heterocycles. The molecule has 2 heterocycles. The van der Waals surface area contributed by atoms with Crippen LogP contribution in [0.3, 0.4) is 0 Å². The second-order valence-electron chi connectivity index (χ2n) is 5.59. The molecule has 0 unspecified atom stereocenters. The van der Waals surface area contributed by atoms with Gasteiger partial charge in [-0.25, -0.2) is 0 Å². The van der Waals surface area contributed by atoms with Gasteiger partial charge >= 0.3 is 0 Å². The van der Waals surface area contributed by atoms with Crippen LogP contribution in [0.4, 0.5) is 0 Å². The third-order valence-corrected chi connectivity index (χ3v) is 5.95. The lowest BCUT2D eigenvalue weighted by Gasteiger charge is -2.32. The molecule has 0 amide bonds. The zero-order valence-corrected chi connectivity index (χ0v) is 14.3. The lowest BCUT2D eigenvalue weighted by atomic mass is 10.0. The van der Waals surface area contributed by atoms with Gasteiger partial charge in [-0.3, -0.25) is 4.90 Å². The number of hydrogen-bond acceptors (Lipinski definition) is 3. The number of thiophene rings is 1. The van der Waals surface area contributed by atoms with Gasteiger partial charge in [0.05, 0.1) is 0 Å². The molecule has 3 rings (SSSR count). The summed E-state index contributed by atoms with van der Waals surface area (Å²) in [4.78, 5) is 4.06. The highest BCUT2D eigenvalue weighted by Gasteiger charge is 2.24. The van der Waals surface area contributed by atoms with Crippen LogP contribution in [0.15, 0.2) is 15.9 Å². The Morgan fingerprint density at radius 3 is 2.58 bits per heavy atom. The van der Waals surface area contributed by atoms with Crippen LogP contribution in [-0.2, 0) is 6.54 Å². The molecular weight excluding hydrogens is 344 g/mol. The summed E-state index contributed by atoms with van der Waals surface area (Å²) in [7, 11) is 0. The maximum Gasteiger partial charge on any atom is 0.0339 e. The minimum atomic E-state index is 0. The van der Waals surface area contributed by atoms with E-state index >= 15 is 0 Å². The first-order valence-corrected chi connectivity index (χ1v) is 8.66. The summed E-state index contributed by atoms with van der Waals surface area (Å²) in [6, 6.07) is 2.93. The molecule has 1 saturated carbocycles. The van der Waals surface area contributed by atoms with Crippen LogP contribution in [0.5, 0.6) is 0 Å². The quantitative estimate of drug-likeness (QED) is 0.851. The van der Waals surface area contributed by atoms with Gasteiger partial charge in [0, 0.05) is 21.9 Å². The van der Waals surface area contributed by atoms with Gasteiger partial charge in [0.15, 0.2) is 0 Å². The van der Waals surface area contributed by atoms with Crippen LogP contribution >= 0.6 is 39.7 Å². The Balaban J connectivity index is 0.00000133. The highest BCUT2D eigenvalue weighted by Crippen LogP contribution is 2.28. The maximum atomic E-state index is 3.74. The van der Waals surface area contributed by atoms with E-state index in [-0.39, 0.29) is 12.4 Å². The van der Waals surface area contributed by atoms with Crippen molar-refractivity contribution in [2.45, 2.75) is 38.3 Å². The number of rotatable bonds is 5. The second-order valence-corrected chi connectivity index (χ2v) is 7.45. The van der Waals surface area contributed by atoms with Crippen LogP contribution in [0.2, 0.25) is 0 Å². The van der Waals surface area contributed by atoms with E-state index < -0.39 is 0 Å². The Kier molecular flexibility index (Phi) is 6.15. The Labute approximate surface area is 134 Å². The fourth-order valence-corrected chi connectivity index (χ4v) is 4.11. The maximum absolute atomic E-state index is 3.74. The number of likely N-dealkylation sites (tertiary alicyclic amines) is 1. The van der Waals surface area contributed by atoms with Crippen molar-refractivity contribution in [1.82, 2.24) is 10.2 Å². The minimum absolute atomic E-state index is 0. The predicted molar refractivity (Wildman–Crippen MR) is 88.3 cm³/mol. The lowest BCUT2D eigenvalue weighted by Crippen LogP contribution is -2.42. The third-order valence-electron chi connectivity index (χ3n) is 4.04. The van der Waals surface area contributed by atoms with Crippen LogP contribution in [-0.4, -0.2) is 30.6 Å². The monoisotopic (exact) mass is 364 g/mol. The molecule has 108 valence electrons. The summed E-state index contributed by atoms with van der Waals surface area (Å²) in [6.45, 7) is 4.87. The Hall–Kier alpha value is 0.390. The van der Waals surface area contributed by atoms with Gasteiger partial charge in [0.2, 0.25) is 0 Å². The molecule has 2 fully saturated rings. The van der Waals surface area contributed by atoms with E-state index in [1.165, 1.54) is 54.7 Å². The van der Waals surface area contributed by atoms with Crippen molar-refractivity contribution in [3.63, 3.8) is 0 Å². The number of hydrogen-bond donors (Lipinski definition) is 1. The van der Waals surface area contributed by atoms with Crippen molar-refractivity contribution in [2.24, 2.45) is 5.92 Å². The fourth-order valence-electron chi connectivity index (χ4n) is 2.59. The van der Waals surface area contributed by atoms with Crippen LogP contribution in [0, 0.1) is 5.92 Å². The third kappa shape index (κ3) is 4.71. The summed E-state index contributed by atoms with van der Waals surface area (Å²) in [5.74, 6) is 1.00. The van der Waals surface area contributed by atoms with E-state index in [0.29, 0.717) is 0 Å². The van der Waals surface area contributed by atoms with Gasteiger partial charge in [-0.05, 0) is 78.6 Å². The molecule has 0 aromatic carbocycles. The first kappa shape index (κ1) is 15.8. The molecule has 0 atom stereocenters. The topological polar surface area (TPSA) is 15.3 Å². The largest absolute Gasteiger partial charge is 0.314 e. The standard InChI is InChI=1S/C14H21BrN2S.ClH/c15-13-5-8-18-14(13)10-17-6-3-12(4-7-17)16-9-11-1-2-11;/h5,8,11-12,16H,1-4,6-7,9-10H2;1H. The van der Waals surface area contributed by atoms with Gasteiger partial charge in [0.25, 0.3) is 0 Å². The molecular formula is C14H22BrClN2S. The van der Waals surface area contributed by atoms with Crippen molar-refractivity contribution >= 4 is 39.7 Å². The number of nitrogens with one attached hydrogen (secondary N) is 1. The van der Waals surface area contributed by atoms with Crippen LogP contribution in [0.1, 0.15) is 30.6 Å². The van der Waals surface area contributed by atoms with E-state index in [2.05, 4.69) is 37.6 Å². The SMILES string of the molecule is Brc1ccsc1CN1CCC(NCC2CC2)CC1.Cl. The average molecular weight is 366 g/mol.